The van der Waals surface area contributed by atoms with Crippen LogP contribution in [0.4, 0.5) is 5.69 Å². The average Bonchev–Trinajstić information content (AvgIpc) is 2.17. The smallest absolute Gasteiger partial charge is 0.244 e. The van der Waals surface area contributed by atoms with E-state index >= 15 is 0 Å². The van der Waals surface area contributed by atoms with Crippen molar-refractivity contribution in [3.63, 3.8) is 0 Å². The van der Waals surface area contributed by atoms with Crippen molar-refractivity contribution < 1.29 is 8.42 Å². The van der Waals surface area contributed by atoms with Crippen molar-refractivity contribution in [3.8, 4) is 0 Å². The number of nitrogens with two attached hydrogens (primary N) is 1. The highest BCUT2D eigenvalue weighted by molar-refractivity contribution is 7.89. The summed E-state index contributed by atoms with van der Waals surface area (Å²) in [6, 6.07) is 4.63. The largest absolute Gasteiger partial charge is 0.398 e. The second-order valence-electron chi connectivity index (χ2n) is 3.41. The first kappa shape index (κ1) is 13.3. The van der Waals surface area contributed by atoms with Crippen LogP contribution in [0.25, 0.3) is 0 Å². The Morgan fingerprint density at radius 2 is 2.12 bits per heavy atom. The topological polar surface area (TPSA) is 72.2 Å². The zero-order valence-corrected chi connectivity index (χ0v) is 10.6. The summed E-state index contributed by atoms with van der Waals surface area (Å²) in [4.78, 5) is -0.0345. The molecule has 0 amide bonds. The maximum atomic E-state index is 11.9. The van der Waals surface area contributed by atoms with Gasteiger partial charge in [0.1, 0.15) is 4.90 Å². The standard InChI is InChI=1S/C10H15ClN2O2S/c1-2-3-7-13-16(14,15)10-8(11)5-4-6-9(10)12/h4-6,13H,2-3,7,12H2,1H3. The molecule has 0 aromatic heterocycles. The van der Waals surface area contributed by atoms with Gasteiger partial charge < -0.3 is 5.73 Å². The predicted octanol–water partition coefficient (Wildman–Crippen LogP) is 2.00. The molecule has 1 aromatic carbocycles. The molecule has 0 saturated heterocycles. The van der Waals surface area contributed by atoms with Crippen molar-refractivity contribution >= 4 is 27.3 Å². The Bertz CT molecular complexity index is 440. The van der Waals surface area contributed by atoms with Gasteiger partial charge in [-0.3, -0.25) is 0 Å². The second-order valence-corrected chi connectivity index (χ2v) is 5.52. The van der Waals surface area contributed by atoms with Gasteiger partial charge in [-0.1, -0.05) is 31.0 Å². The first-order valence-electron chi connectivity index (χ1n) is 5.02. The number of nitrogens with one attached hydrogen (secondary N) is 1. The van der Waals surface area contributed by atoms with Gasteiger partial charge in [-0.25, -0.2) is 13.1 Å². The van der Waals surface area contributed by atoms with Crippen LogP contribution in [0.2, 0.25) is 5.02 Å². The monoisotopic (exact) mass is 262 g/mol. The summed E-state index contributed by atoms with van der Waals surface area (Å²) in [5.41, 5.74) is 5.77. The highest BCUT2D eigenvalue weighted by atomic mass is 35.5. The van der Waals surface area contributed by atoms with Crippen molar-refractivity contribution in [2.75, 3.05) is 12.3 Å². The number of halogens is 1. The molecule has 0 aliphatic rings. The molecule has 1 rings (SSSR count). The Morgan fingerprint density at radius 1 is 1.44 bits per heavy atom. The number of rotatable bonds is 5. The molecule has 0 aliphatic heterocycles. The summed E-state index contributed by atoms with van der Waals surface area (Å²) in [5.74, 6) is 0. The van der Waals surface area contributed by atoms with E-state index in [-0.39, 0.29) is 15.6 Å². The second kappa shape index (κ2) is 5.52. The lowest BCUT2D eigenvalue weighted by Crippen LogP contribution is -2.25. The first-order valence-corrected chi connectivity index (χ1v) is 6.89. The number of sulfonamides is 1. The van der Waals surface area contributed by atoms with E-state index in [1.807, 2.05) is 6.92 Å². The Balaban J connectivity index is 2.98. The quantitative estimate of drug-likeness (QED) is 0.630. The van der Waals surface area contributed by atoms with E-state index in [1.165, 1.54) is 12.1 Å². The van der Waals surface area contributed by atoms with Crippen LogP contribution in [0, 0.1) is 0 Å². The molecule has 0 aliphatic carbocycles. The molecule has 0 radical (unpaired) electrons. The summed E-state index contributed by atoms with van der Waals surface area (Å²) in [6.07, 6.45) is 1.70. The van der Waals surface area contributed by atoms with Gasteiger partial charge in [0.05, 0.1) is 10.7 Å². The van der Waals surface area contributed by atoms with Gasteiger partial charge in [-0.15, -0.1) is 0 Å². The van der Waals surface area contributed by atoms with Crippen LogP contribution in [0.3, 0.4) is 0 Å². The molecule has 0 spiro atoms. The lowest BCUT2D eigenvalue weighted by atomic mass is 10.3. The minimum absolute atomic E-state index is 0.0345. The fourth-order valence-electron chi connectivity index (χ4n) is 1.26. The molecule has 6 heteroatoms. The molecular formula is C10H15ClN2O2S. The molecule has 0 bridgehead atoms. The number of nitrogen functional groups attached to an aromatic ring is 1. The molecule has 1 aromatic rings. The third-order valence-corrected chi connectivity index (χ3v) is 4.09. The highest BCUT2D eigenvalue weighted by Crippen LogP contribution is 2.26. The zero-order valence-electron chi connectivity index (χ0n) is 9.03. The summed E-state index contributed by atoms with van der Waals surface area (Å²) < 4.78 is 26.2. The van der Waals surface area contributed by atoms with Crippen molar-refractivity contribution in [2.45, 2.75) is 24.7 Å². The van der Waals surface area contributed by atoms with Crippen LogP contribution < -0.4 is 10.5 Å². The van der Waals surface area contributed by atoms with Gasteiger partial charge in [0.25, 0.3) is 0 Å². The van der Waals surface area contributed by atoms with Crippen molar-refractivity contribution in [3.05, 3.63) is 23.2 Å². The van der Waals surface area contributed by atoms with E-state index in [0.717, 1.165) is 12.8 Å². The Hall–Kier alpha value is -0.780. The van der Waals surface area contributed by atoms with E-state index in [0.29, 0.717) is 6.54 Å². The van der Waals surface area contributed by atoms with Gasteiger partial charge in [0, 0.05) is 6.54 Å². The number of anilines is 1. The van der Waals surface area contributed by atoms with E-state index in [1.54, 1.807) is 6.07 Å². The maximum absolute atomic E-state index is 11.9. The molecule has 0 heterocycles. The molecule has 0 atom stereocenters. The summed E-state index contributed by atoms with van der Waals surface area (Å²) in [6.45, 7) is 2.38. The van der Waals surface area contributed by atoms with Gasteiger partial charge in [-0.05, 0) is 18.6 Å². The zero-order chi connectivity index (χ0) is 12.2. The molecule has 0 unspecified atom stereocenters. The van der Waals surface area contributed by atoms with Gasteiger partial charge >= 0.3 is 0 Å². The molecule has 16 heavy (non-hydrogen) atoms. The number of unbranched alkanes of at least 4 members (excludes halogenated alkanes) is 1. The van der Waals surface area contributed by atoms with E-state index < -0.39 is 10.0 Å². The van der Waals surface area contributed by atoms with E-state index in [9.17, 15) is 8.42 Å². The highest BCUT2D eigenvalue weighted by Gasteiger charge is 2.19. The average molecular weight is 263 g/mol. The van der Waals surface area contributed by atoms with Crippen LogP contribution in [-0.4, -0.2) is 15.0 Å². The molecule has 0 fully saturated rings. The van der Waals surface area contributed by atoms with Gasteiger partial charge in [0.15, 0.2) is 0 Å². The number of hydrogen-bond donors (Lipinski definition) is 2. The van der Waals surface area contributed by atoms with Crippen LogP contribution in [-0.2, 0) is 10.0 Å². The fraction of sp³-hybridized carbons (Fsp3) is 0.400. The van der Waals surface area contributed by atoms with Crippen molar-refractivity contribution in [2.24, 2.45) is 0 Å². The number of benzene rings is 1. The Morgan fingerprint density at radius 3 is 2.69 bits per heavy atom. The Kier molecular flexibility index (Phi) is 4.58. The molecule has 0 saturated carbocycles. The number of hydrogen-bond acceptors (Lipinski definition) is 3. The maximum Gasteiger partial charge on any atom is 0.244 e. The summed E-state index contributed by atoms with van der Waals surface area (Å²) in [5, 5.41) is 0.143. The Labute approximate surface area is 101 Å². The summed E-state index contributed by atoms with van der Waals surface area (Å²) in [7, 11) is -3.60. The minimum atomic E-state index is -3.60. The van der Waals surface area contributed by atoms with Crippen LogP contribution in [0.1, 0.15) is 19.8 Å². The first-order chi connectivity index (χ1) is 7.49. The lowest BCUT2D eigenvalue weighted by molar-refractivity contribution is 0.579. The van der Waals surface area contributed by atoms with Crippen molar-refractivity contribution in [1.29, 1.82) is 0 Å². The molecular weight excluding hydrogens is 248 g/mol. The minimum Gasteiger partial charge on any atom is -0.398 e. The molecule has 3 N–H and O–H groups in total. The van der Waals surface area contributed by atoms with Gasteiger partial charge in [0.2, 0.25) is 10.0 Å². The molecule has 90 valence electrons. The SMILES string of the molecule is CCCCNS(=O)(=O)c1c(N)cccc1Cl. The van der Waals surface area contributed by atoms with E-state index in [2.05, 4.69) is 4.72 Å². The van der Waals surface area contributed by atoms with Crippen LogP contribution in [0.15, 0.2) is 23.1 Å². The molecule has 4 nitrogen and oxygen atoms in total. The van der Waals surface area contributed by atoms with Crippen molar-refractivity contribution in [1.82, 2.24) is 4.72 Å². The normalized spacial score (nSPS) is 11.6. The third kappa shape index (κ3) is 3.10. The summed E-state index contributed by atoms with van der Waals surface area (Å²) >= 11 is 5.83. The van der Waals surface area contributed by atoms with Gasteiger partial charge in [-0.2, -0.15) is 0 Å². The fourth-order valence-corrected chi connectivity index (χ4v) is 3.01. The van der Waals surface area contributed by atoms with E-state index in [4.69, 9.17) is 17.3 Å². The lowest BCUT2D eigenvalue weighted by Gasteiger charge is -2.10. The van der Waals surface area contributed by atoms with Crippen LogP contribution in [0.5, 0.6) is 0 Å². The van der Waals surface area contributed by atoms with Crippen LogP contribution >= 0.6 is 11.6 Å². The third-order valence-electron chi connectivity index (χ3n) is 2.09. The predicted molar refractivity (Wildman–Crippen MR) is 66.0 cm³/mol.